The first-order valence-corrected chi connectivity index (χ1v) is 8.29. The van der Waals surface area contributed by atoms with Crippen LogP contribution in [0.25, 0.3) is 0 Å². The van der Waals surface area contributed by atoms with Crippen molar-refractivity contribution in [1.29, 1.82) is 0 Å². The highest BCUT2D eigenvalue weighted by atomic mass is 15.3. The number of rotatable bonds is 2. The van der Waals surface area contributed by atoms with Crippen molar-refractivity contribution in [2.24, 2.45) is 17.8 Å². The predicted octanol–water partition coefficient (Wildman–Crippen LogP) is 3.52. The average molecular weight is 266 g/mol. The van der Waals surface area contributed by atoms with E-state index in [1.165, 1.54) is 25.8 Å². The highest BCUT2D eigenvalue weighted by molar-refractivity contribution is 4.97. The van der Waals surface area contributed by atoms with Gasteiger partial charge in [0.1, 0.15) is 0 Å². The Balaban J connectivity index is 2.12. The summed E-state index contributed by atoms with van der Waals surface area (Å²) >= 11 is 0. The molecule has 0 aromatic rings. The molecule has 2 heteroatoms. The molecule has 2 nitrogen and oxygen atoms in total. The van der Waals surface area contributed by atoms with E-state index in [4.69, 9.17) is 0 Å². The van der Waals surface area contributed by atoms with Gasteiger partial charge in [-0.3, -0.25) is 4.90 Å². The molecule has 1 aliphatic heterocycles. The first-order chi connectivity index (χ1) is 8.78. The van der Waals surface area contributed by atoms with E-state index in [-0.39, 0.29) is 5.54 Å². The van der Waals surface area contributed by atoms with Crippen molar-refractivity contribution in [1.82, 2.24) is 10.2 Å². The van der Waals surface area contributed by atoms with Crippen LogP contribution in [-0.2, 0) is 0 Å². The summed E-state index contributed by atoms with van der Waals surface area (Å²) in [4.78, 5) is 2.85. The first-order valence-electron chi connectivity index (χ1n) is 8.29. The third-order valence-corrected chi connectivity index (χ3v) is 5.19. The van der Waals surface area contributed by atoms with Crippen molar-refractivity contribution in [3.05, 3.63) is 0 Å². The van der Waals surface area contributed by atoms with Gasteiger partial charge < -0.3 is 5.32 Å². The van der Waals surface area contributed by atoms with Crippen LogP contribution in [0.4, 0.5) is 0 Å². The van der Waals surface area contributed by atoms with Gasteiger partial charge in [-0.05, 0) is 50.9 Å². The van der Waals surface area contributed by atoms with Crippen molar-refractivity contribution >= 4 is 0 Å². The summed E-state index contributed by atoms with van der Waals surface area (Å²) in [7, 11) is 0. The van der Waals surface area contributed by atoms with Crippen molar-refractivity contribution < 1.29 is 0 Å². The number of nitrogens with zero attached hydrogens (tertiary/aromatic N) is 1. The second-order valence-electron chi connectivity index (χ2n) is 8.32. The lowest BCUT2D eigenvalue weighted by molar-refractivity contribution is 0.00184. The van der Waals surface area contributed by atoms with E-state index in [0.29, 0.717) is 0 Å². The van der Waals surface area contributed by atoms with E-state index in [9.17, 15) is 0 Å². The molecule has 0 radical (unpaired) electrons. The van der Waals surface area contributed by atoms with Gasteiger partial charge in [0.05, 0.1) is 0 Å². The zero-order valence-electron chi connectivity index (χ0n) is 13.9. The molecule has 3 atom stereocenters. The quantitative estimate of drug-likeness (QED) is 0.822. The van der Waals surface area contributed by atoms with Crippen LogP contribution in [0.15, 0.2) is 0 Å². The van der Waals surface area contributed by atoms with Crippen molar-refractivity contribution in [3.8, 4) is 0 Å². The van der Waals surface area contributed by atoms with E-state index in [0.717, 1.165) is 36.4 Å². The Morgan fingerprint density at radius 1 is 1.05 bits per heavy atom. The van der Waals surface area contributed by atoms with Crippen molar-refractivity contribution in [3.63, 3.8) is 0 Å². The zero-order valence-corrected chi connectivity index (χ0v) is 13.9. The van der Waals surface area contributed by atoms with Gasteiger partial charge >= 0.3 is 0 Å². The number of hydrogen-bond donors (Lipinski definition) is 1. The summed E-state index contributed by atoms with van der Waals surface area (Å²) in [6.45, 7) is 16.7. The van der Waals surface area contributed by atoms with Gasteiger partial charge in [0.15, 0.2) is 0 Å². The summed E-state index contributed by atoms with van der Waals surface area (Å²) in [5.41, 5.74) is 0.273. The van der Waals surface area contributed by atoms with Crippen LogP contribution >= 0.6 is 0 Å². The Kier molecular flexibility index (Phi) is 4.62. The molecule has 1 aliphatic carbocycles. The van der Waals surface area contributed by atoms with E-state index >= 15 is 0 Å². The Labute approximate surface area is 120 Å². The molecule has 2 rings (SSSR count). The molecule has 0 bridgehead atoms. The van der Waals surface area contributed by atoms with Gasteiger partial charge in [-0.1, -0.05) is 27.7 Å². The smallest absolute Gasteiger partial charge is 0.0253 e. The third kappa shape index (κ3) is 3.72. The summed E-state index contributed by atoms with van der Waals surface area (Å²) in [6, 6.07) is 1.53. The second-order valence-corrected chi connectivity index (χ2v) is 8.32. The Morgan fingerprint density at radius 3 is 2.16 bits per heavy atom. The van der Waals surface area contributed by atoms with Gasteiger partial charge in [-0.25, -0.2) is 0 Å². The van der Waals surface area contributed by atoms with E-state index in [1.54, 1.807) is 0 Å². The first kappa shape index (κ1) is 15.3. The van der Waals surface area contributed by atoms with E-state index < -0.39 is 0 Å². The zero-order chi connectivity index (χ0) is 14.2. The predicted molar refractivity (Wildman–Crippen MR) is 83.4 cm³/mol. The fraction of sp³-hybridized carbons (Fsp3) is 1.00. The summed E-state index contributed by atoms with van der Waals surface area (Å²) in [5, 5.41) is 3.74. The Bertz CT molecular complexity index is 288. The van der Waals surface area contributed by atoms with Crippen molar-refractivity contribution in [2.75, 3.05) is 13.1 Å². The minimum Gasteiger partial charge on any atom is -0.309 e. The molecule has 19 heavy (non-hydrogen) atoms. The van der Waals surface area contributed by atoms with Gasteiger partial charge in [-0.2, -0.15) is 0 Å². The summed E-state index contributed by atoms with van der Waals surface area (Å²) in [5.74, 6) is 2.55. The lowest BCUT2D eigenvalue weighted by atomic mass is 9.78. The van der Waals surface area contributed by atoms with Crippen LogP contribution in [0.3, 0.4) is 0 Å². The SMILES string of the molecule is CC1CC(C)CC(N2CC(C)(C)NCC2C(C)C)C1. The fourth-order valence-electron chi connectivity index (χ4n) is 4.32. The van der Waals surface area contributed by atoms with Crippen LogP contribution < -0.4 is 5.32 Å². The molecule has 1 saturated heterocycles. The Hall–Kier alpha value is -0.0800. The molecule has 112 valence electrons. The molecule has 1 heterocycles. The molecule has 0 spiro atoms. The highest BCUT2D eigenvalue weighted by Crippen LogP contribution is 2.35. The van der Waals surface area contributed by atoms with E-state index in [1.807, 2.05) is 0 Å². The molecule has 2 aliphatic rings. The average Bonchev–Trinajstić information content (AvgIpc) is 2.25. The highest BCUT2D eigenvalue weighted by Gasteiger charge is 2.39. The van der Waals surface area contributed by atoms with E-state index in [2.05, 4.69) is 51.8 Å². The summed E-state index contributed by atoms with van der Waals surface area (Å²) in [6.07, 6.45) is 4.24. The van der Waals surface area contributed by atoms with Crippen LogP contribution in [-0.4, -0.2) is 35.6 Å². The van der Waals surface area contributed by atoms with Crippen LogP contribution in [0, 0.1) is 17.8 Å². The van der Waals surface area contributed by atoms with Crippen LogP contribution in [0.1, 0.15) is 60.8 Å². The summed E-state index contributed by atoms with van der Waals surface area (Å²) < 4.78 is 0. The molecular formula is C17H34N2. The van der Waals surface area contributed by atoms with Gasteiger partial charge in [0.25, 0.3) is 0 Å². The number of piperazine rings is 1. The van der Waals surface area contributed by atoms with Gasteiger partial charge in [0, 0.05) is 30.7 Å². The molecule has 1 saturated carbocycles. The molecule has 3 unspecified atom stereocenters. The Morgan fingerprint density at radius 2 is 1.63 bits per heavy atom. The molecule has 2 fully saturated rings. The maximum Gasteiger partial charge on any atom is 0.0253 e. The third-order valence-electron chi connectivity index (χ3n) is 5.19. The van der Waals surface area contributed by atoms with Crippen molar-refractivity contribution in [2.45, 2.75) is 78.4 Å². The lowest BCUT2D eigenvalue weighted by Crippen LogP contribution is -2.65. The van der Waals surface area contributed by atoms with Gasteiger partial charge in [0.2, 0.25) is 0 Å². The minimum absolute atomic E-state index is 0.273. The maximum absolute atomic E-state index is 3.74. The number of hydrogen-bond acceptors (Lipinski definition) is 2. The molecular weight excluding hydrogens is 232 g/mol. The van der Waals surface area contributed by atoms with Crippen LogP contribution in [0.5, 0.6) is 0 Å². The van der Waals surface area contributed by atoms with Crippen LogP contribution in [0.2, 0.25) is 0 Å². The molecule has 0 amide bonds. The molecule has 0 aromatic carbocycles. The molecule has 0 aromatic heterocycles. The standard InChI is InChI=1S/C17H34N2/c1-12(2)16-10-18-17(5,6)11-19(16)15-8-13(3)7-14(4)9-15/h12-16,18H,7-11H2,1-6H3. The monoisotopic (exact) mass is 266 g/mol. The largest absolute Gasteiger partial charge is 0.309 e. The maximum atomic E-state index is 3.74. The normalized spacial score (nSPS) is 40.6. The van der Waals surface area contributed by atoms with Gasteiger partial charge in [-0.15, -0.1) is 0 Å². The lowest BCUT2D eigenvalue weighted by Gasteiger charge is -2.51. The molecule has 1 N–H and O–H groups in total. The topological polar surface area (TPSA) is 15.3 Å². The fourth-order valence-corrected chi connectivity index (χ4v) is 4.32. The second kappa shape index (κ2) is 5.73. The number of nitrogens with one attached hydrogen (secondary N) is 1. The minimum atomic E-state index is 0.273.